The van der Waals surface area contributed by atoms with Gasteiger partial charge in [-0.15, -0.1) is 40.1 Å². The van der Waals surface area contributed by atoms with Gasteiger partial charge in [0.1, 0.15) is 25.1 Å². The first kappa shape index (κ1) is 90.9. The summed E-state index contributed by atoms with van der Waals surface area (Å²) < 4.78 is 41.8. The van der Waals surface area contributed by atoms with Crippen molar-refractivity contribution in [1.82, 2.24) is 16.0 Å². The molecule has 0 fully saturated rings. The molecule has 10 N–H and O–H groups in total. The van der Waals surface area contributed by atoms with E-state index in [1.807, 2.05) is 122 Å². The van der Waals surface area contributed by atoms with E-state index in [1.165, 1.54) is 54.3 Å². The fourth-order valence-electron chi connectivity index (χ4n) is 8.78. The zero-order valence-corrected chi connectivity index (χ0v) is 67.7. The standard InChI is InChI=1S/C15H18O3.C13H14ClNOS.C12H12N2OS.C11H9ClO3S.C11H9ClO2S.C7H16N2O2.C3H9NO.OS.Y/c1-12-6-5-8-13(10-12)14(7-3-4-9-16)11-15(17)18-2;1-3-6-15-13(16)12-11(14)9-7-8(2)4-5-10(9)17-12;1-7-2-3-9-8(6-7)10-11(16-9)12(15)14-5-4-13-10;1-6-3-4-8-7(5-6)9(12)10(16(8)14)11(13)15-2;1-6-3-4-8-7(5-6)9(12)10(15-8)11(13)14-2;1-7(2,3)11-6(10)9-5-4-8;4-2-1-3-5;1-2;/h5-6,10,16H,3-4,7,9H2,1-2H3;4-5,7H,3,6H2,1-2H3,(H,15,16);2-3,6,13H,4-5H2,1H3,(H,14,15);3-5H,1-2H3;3-5H,1-2H3;4-5,8H2,1-3H3,(H,9,10);5H,1-4H2;;/q-2;;;;;;;;. The van der Waals surface area contributed by atoms with Crippen LogP contribution in [-0.2, 0) is 84.6 Å². The zero-order chi connectivity index (χ0) is 74.8. The molecule has 0 spiro atoms. The molecular weight excluding hydrogens is 1530 g/mol. The summed E-state index contributed by atoms with van der Waals surface area (Å²) in [7, 11) is 2.40. The first-order valence-corrected chi connectivity index (χ1v) is 36.4. The number of hydrogen-bond donors (Lipinski definition) is 8. The number of allylic oxidation sites excluding steroid dienone is 1. The number of esters is 3. The number of anilines is 1. The third kappa shape index (κ3) is 29.1. The van der Waals surface area contributed by atoms with Gasteiger partial charge in [-0.05, 0) is 123 Å². The Balaban J connectivity index is 0.000000405. The molecule has 545 valence electrons. The quantitative estimate of drug-likeness (QED) is 0.0155. The molecule has 3 amide bonds. The molecule has 1 radical (unpaired) electrons. The van der Waals surface area contributed by atoms with Crippen molar-refractivity contribution in [3.8, 4) is 0 Å². The van der Waals surface area contributed by atoms with Crippen LogP contribution in [0.3, 0.4) is 0 Å². The number of methoxy groups -OCH3 is 3. The SMILES string of the molecule is CC(C)(C)OC(=O)NCCN.CCCNC(=O)c1sc2ccc(C)cc2c1Cl.COC(=O)C1=C(Cl)c2cc(C)ccc2S1=O.COC(=O)[C-]=C(CCCCO)c1[c-]ccc(C)c1.COC(=O)c1sc2ccc(C)cc2c1Cl.Cc1ccc2sc3c(c2c1)NCCNC3=O.NCCCO.O=S.[Y]. The maximum Gasteiger partial charge on any atom is 0.407 e. The third-order valence-electron chi connectivity index (χ3n) is 13.5. The predicted molar refractivity (Wildman–Crippen MR) is 409 cm³/mol. The summed E-state index contributed by atoms with van der Waals surface area (Å²) in [6, 6.07) is 32.5. The minimum Gasteiger partial charge on any atom is -0.480 e. The second-order valence-electron chi connectivity index (χ2n) is 22.8. The van der Waals surface area contributed by atoms with Gasteiger partial charge in [0.25, 0.3) is 11.8 Å². The van der Waals surface area contributed by atoms with Crippen molar-refractivity contribution in [2.75, 3.05) is 79.1 Å². The van der Waals surface area contributed by atoms with Crippen LogP contribution in [0, 0.1) is 46.8 Å². The fraction of sp³-hybridized carbons (Fsp3) is 0.361. The molecule has 0 saturated heterocycles. The molecule has 2 aliphatic rings. The maximum absolute atomic E-state index is 12.0. The number of rotatable bonds is 15. The molecular formula is C72H87Cl3N6O14S5Y-2. The molecule has 0 bridgehead atoms. The number of aliphatic hydroxyl groups excluding tert-OH is 2. The van der Waals surface area contributed by atoms with Gasteiger partial charge in [-0.1, -0.05) is 108 Å². The van der Waals surface area contributed by atoms with Gasteiger partial charge in [-0.25, -0.2) is 36.8 Å². The summed E-state index contributed by atoms with van der Waals surface area (Å²) in [5.74, 6) is -1.53. The number of fused-ring (bicyclic) bond motifs is 6. The number of nitrogens with one attached hydrogen (secondary N) is 4. The van der Waals surface area contributed by atoms with E-state index in [0.29, 0.717) is 75.8 Å². The molecule has 3 aromatic heterocycles. The molecule has 0 saturated carbocycles. The summed E-state index contributed by atoms with van der Waals surface area (Å²) in [5.41, 5.74) is 18.6. The summed E-state index contributed by atoms with van der Waals surface area (Å²) >= 11 is 25.6. The van der Waals surface area contributed by atoms with E-state index in [1.54, 1.807) is 17.4 Å². The van der Waals surface area contributed by atoms with Gasteiger partial charge in [0.2, 0.25) is 5.97 Å². The number of amides is 3. The van der Waals surface area contributed by atoms with Crippen LogP contribution in [0.25, 0.3) is 40.9 Å². The number of unbranched alkanes of at least 4 members (excludes halogenated alkanes) is 1. The van der Waals surface area contributed by atoms with E-state index in [4.69, 9.17) is 65.4 Å². The van der Waals surface area contributed by atoms with Gasteiger partial charge < -0.3 is 67.5 Å². The first-order valence-electron chi connectivity index (χ1n) is 31.4. The summed E-state index contributed by atoms with van der Waals surface area (Å²) in [4.78, 5) is 71.1. The Morgan fingerprint density at radius 3 is 1.71 bits per heavy atom. The molecule has 2 aliphatic heterocycles. The normalized spacial score (nSPS) is 12.4. The Morgan fingerprint density at radius 1 is 0.673 bits per heavy atom. The van der Waals surface area contributed by atoms with E-state index in [9.17, 15) is 33.0 Å². The molecule has 8 aromatic rings. The van der Waals surface area contributed by atoms with Crippen molar-refractivity contribution in [2.45, 2.75) is 105 Å². The molecule has 5 heterocycles. The molecule has 101 heavy (non-hydrogen) atoms. The van der Waals surface area contributed by atoms with Crippen LogP contribution in [0.1, 0.15) is 128 Å². The second-order valence-corrected chi connectivity index (χ2v) is 28.4. The van der Waals surface area contributed by atoms with E-state index in [2.05, 4.69) is 85.3 Å². The van der Waals surface area contributed by atoms with E-state index in [-0.39, 0.29) is 73.6 Å². The van der Waals surface area contributed by atoms with Gasteiger partial charge in [-0.3, -0.25) is 20.0 Å². The van der Waals surface area contributed by atoms with Crippen LogP contribution in [-0.4, -0.2) is 134 Å². The summed E-state index contributed by atoms with van der Waals surface area (Å²) in [6.07, 6.45) is 6.13. The number of carbonyl (C=O) groups excluding carboxylic acids is 6. The van der Waals surface area contributed by atoms with Crippen LogP contribution < -0.4 is 32.7 Å². The number of carbonyl (C=O) groups is 6. The van der Waals surface area contributed by atoms with Gasteiger partial charge in [0.15, 0.2) is 12.5 Å². The van der Waals surface area contributed by atoms with Crippen molar-refractivity contribution in [2.24, 2.45) is 11.5 Å². The molecule has 5 aromatic carbocycles. The number of ether oxygens (including phenoxy) is 4. The predicted octanol–water partition coefficient (Wildman–Crippen LogP) is 14.0. The van der Waals surface area contributed by atoms with Crippen LogP contribution in [0.5, 0.6) is 0 Å². The van der Waals surface area contributed by atoms with Gasteiger partial charge >= 0.3 is 18.0 Å². The Morgan fingerprint density at radius 2 is 1.20 bits per heavy atom. The van der Waals surface area contributed by atoms with Gasteiger partial charge in [0, 0.05) is 114 Å². The van der Waals surface area contributed by atoms with Crippen molar-refractivity contribution < 1.29 is 99.1 Å². The Bertz CT molecular complexity index is 4150. The molecule has 0 aliphatic carbocycles. The van der Waals surface area contributed by atoms with Crippen LogP contribution in [0.15, 0.2) is 101 Å². The Kier molecular flexibility index (Phi) is 42.6. The van der Waals surface area contributed by atoms with Crippen molar-refractivity contribution >= 4 is 175 Å². The number of aliphatic hydroxyl groups is 2. The minimum atomic E-state index is -1.53. The van der Waals surface area contributed by atoms with E-state index < -0.39 is 34.4 Å². The number of hydrogen-bond acceptors (Lipinski definition) is 21. The average molecular weight is 1620 g/mol. The van der Waals surface area contributed by atoms with Crippen LogP contribution in [0.4, 0.5) is 10.5 Å². The molecule has 20 nitrogen and oxygen atoms in total. The number of benzene rings is 5. The number of thiophene rings is 3. The second kappa shape index (κ2) is 47.3. The van der Waals surface area contributed by atoms with Gasteiger partial charge in [0.05, 0.1) is 57.8 Å². The number of alkyl carbamates (subject to hydrolysis) is 1. The number of nitrogens with two attached hydrogens (primary N) is 2. The number of halogens is 3. The van der Waals surface area contributed by atoms with Crippen molar-refractivity contribution in [3.05, 3.63) is 172 Å². The zero-order valence-electron chi connectivity index (χ0n) is 58.6. The van der Waals surface area contributed by atoms with Crippen molar-refractivity contribution in [1.29, 1.82) is 0 Å². The molecule has 10 rings (SSSR count). The fourth-order valence-corrected chi connectivity index (χ4v) is 14.4. The monoisotopic (exact) mass is 1610 g/mol. The van der Waals surface area contributed by atoms with Crippen LogP contribution >= 0.6 is 68.8 Å². The van der Waals surface area contributed by atoms with Gasteiger partial charge in [-0.2, -0.15) is 15.8 Å². The van der Waals surface area contributed by atoms with E-state index in [0.717, 1.165) is 95.3 Å². The minimum absolute atomic E-state index is 0. The molecule has 29 heteroatoms. The third-order valence-corrected chi connectivity index (χ3v) is 20.0. The average Bonchev–Trinajstić information content (AvgIpc) is 1.64. The smallest absolute Gasteiger partial charge is 0.407 e. The first-order chi connectivity index (χ1) is 47.6. The number of aryl methyl sites for hydroxylation is 5. The molecule has 1 unspecified atom stereocenters. The summed E-state index contributed by atoms with van der Waals surface area (Å²) in [5, 5.41) is 32.7. The van der Waals surface area contributed by atoms with E-state index >= 15 is 0 Å². The summed E-state index contributed by atoms with van der Waals surface area (Å²) in [6.45, 7) is 21.5. The topological polar surface area (TPSA) is 314 Å². The van der Waals surface area contributed by atoms with Crippen molar-refractivity contribution in [3.63, 3.8) is 0 Å². The molecule has 1 atom stereocenters. The Labute approximate surface area is 650 Å². The largest absolute Gasteiger partial charge is 0.480 e. The maximum atomic E-state index is 12.0. The van der Waals surface area contributed by atoms with Crippen LogP contribution in [0.2, 0.25) is 10.0 Å². The Hall–Kier alpha value is -6.14.